The lowest BCUT2D eigenvalue weighted by Gasteiger charge is -1.96. The Labute approximate surface area is 98.0 Å². The fourth-order valence-corrected chi connectivity index (χ4v) is 0.923. The van der Waals surface area contributed by atoms with Crippen molar-refractivity contribution in [3.8, 4) is 17.2 Å². The zero-order valence-electron chi connectivity index (χ0n) is 8.80. The minimum Gasteiger partial charge on any atom is -0.504 e. The van der Waals surface area contributed by atoms with E-state index in [9.17, 15) is 14.4 Å². The Morgan fingerprint density at radius 3 is 1.33 bits per heavy atom. The topological polar surface area (TPSA) is 159 Å². The largest absolute Gasteiger partial charge is 0.504 e. The first-order chi connectivity index (χ1) is 8.40. The molecule has 1 aromatic carbocycles. The highest BCUT2D eigenvalue weighted by molar-refractivity contribution is 5.47. The van der Waals surface area contributed by atoms with E-state index >= 15 is 0 Å². The number of benzene rings is 1. The fraction of sp³-hybridized carbons (Fsp3) is 0. The molecule has 0 radical (unpaired) electrons. The van der Waals surface area contributed by atoms with Gasteiger partial charge in [-0.05, 0) is 12.1 Å². The van der Waals surface area contributed by atoms with Gasteiger partial charge in [-0.1, -0.05) is 6.07 Å². The summed E-state index contributed by atoms with van der Waals surface area (Å²) in [4.78, 5) is 35.9. The van der Waals surface area contributed by atoms with E-state index in [0.29, 0.717) is 0 Å². The monoisotopic (exact) mass is 255 g/mol. The van der Waals surface area contributed by atoms with Crippen LogP contribution in [0, 0.1) is 0 Å². The molecule has 9 nitrogen and oxygen atoms in total. The Morgan fingerprint density at radius 1 is 0.722 bits per heavy atom. The molecule has 0 bridgehead atoms. The van der Waals surface area contributed by atoms with Crippen molar-refractivity contribution >= 4 is 0 Å². The smallest absolute Gasteiger partial charge is 0.330 e. The molecule has 6 N–H and O–H groups in total. The molecule has 1 heterocycles. The lowest BCUT2D eigenvalue weighted by Crippen LogP contribution is -2.34. The second-order valence-corrected chi connectivity index (χ2v) is 3.01. The molecule has 0 unspecified atom stereocenters. The van der Waals surface area contributed by atoms with E-state index in [1.54, 1.807) is 15.0 Å². The van der Waals surface area contributed by atoms with Crippen molar-refractivity contribution in [2.45, 2.75) is 0 Å². The summed E-state index contributed by atoms with van der Waals surface area (Å²) >= 11 is 0. The van der Waals surface area contributed by atoms with Gasteiger partial charge in [0.25, 0.3) is 0 Å². The van der Waals surface area contributed by atoms with E-state index < -0.39 is 22.8 Å². The van der Waals surface area contributed by atoms with Crippen molar-refractivity contribution < 1.29 is 15.3 Å². The molecule has 0 saturated heterocycles. The molecule has 0 saturated carbocycles. The molecule has 18 heavy (non-hydrogen) atoms. The number of hydrogen-bond donors (Lipinski definition) is 6. The Morgan fingerprint density at radius 2 is 1.06 bits per heavy atom. The molecule has 0 spiro atoms. The molecule has 0 aliphatic heterocycles. The van der Waals surface area contributed by atoms with Crippen LogP contribution in [0.1, 0.15) is 0 Å². The maximum absolute atomic E-state index is 10.2. The average Bonchev–Trinajstić information content (AvgIpc) is 2.24. The van der Waals surface area contributed by atoms with Crippen molar-refractivity contribution in [1.29, 1.82) is 0 Å². The molecular formula is C9H9N3O6. The Bertz CT molecular complexity index is 599. The zero-order chi connectivity index (χ0) is 13.7. The average molecular weight is 255 g/mol. The van der Waals surface area contributed by atoms with Gasteiger partial charge in [0.05, 0.1) is 0 Å². The number of aromatic amines is 3. The van der Waals surface area contributed by atoms with Crippen molar-refractivity contribution in [1.82, 2.24) is 15.0 Å². The number of hydrogen-bond acceptors (Lipinski definition) is 6. The van der Waals surface area contributed by atoms with Gasteiger partial charge in [0, 0.05) is 0 Å². The van der Waals surface area contributed by atoms with Crippen molar-refractivity contribution in [3.63, 3.8) is 0 Å². The first kappa shape index (κ1) is 13.1. The van der Waals surface area contributed by atoms with Crippen LogP contribution in [0.5, 0.6) is 17.2 Å². The summed E-state index contributed by atoms with van der Waals surface area (Å²) < 4.78 is 0. The quantitative estimate of drug-likeness (QED) is 0.316. The maximum atomic E-state index is 10.2. The van der Waals surface area contributed by atoms with Crippen LogP contribution in [0.3, 0.4) is 0 Å². The van der Waals surface area contributed by atoms with Gasteiger partial charge in [0.15, 0.2) is 17.2 Å². The number of H-pyrrole nitrogens is 3. The van der Waals surface area contributed by atoms with Crippen LogP contribution in [0.4, 0.5) is 0 Å². The van der Waals surface area contributed by atoms with Gasteiger partial charge >= 0.3 is 17.1 Å². The minimum atomic E-state index is -0.802. The second-order valence-electron chi connectivity index (χ2n) is 3.01. The molecular weight excluding hydrogens is 246 g/mol. The van der Waals surface area contributed by atoms with Crippen LogP contribution in [-0.4, -0.2) is 30.3 Å². The highest BCUT2D eigenvalue weighted by Gasteiger charge is 2.00. The van der Waals surface area contributed by atoms with E-state index in [4.69, 9.17) is 15.3 Å². The van der Waals surface area contributed by atoms with Crippen LogP contribution < -0.4 is 17.1 Å². The fourth-order valence-electron chi connectivity index (χ4n) is 0.923. The Kier molecular flexibility index (Phi) is 3.92. The number of aromatic hydroxyl groups is 3. The first-order valence-electron chi connectivity index (χ1n) is 4.53. The summed E-state index contributed by atoms with van der Waals surface area (Å²) in [5.74, 6) is -1.09. The number of phenolic OH excluding ortho intramolecular Hbond substituents is 3. The van der Waals surface area contributed by atoms with Gasteiger partial charge in [-0.2, -0.15) is 0 Å². The molecule has 96 valence electrons. The molecule has 0 aliphatic rings. The van der Waals surface area contributed by atoms with Crippen LogP contribution in [-0.2, 0) is 0 Å². The second kappa shape index (κ2) is 5.39. The van der Waals surface area contributed by atoms with Gasteiger partial charge in [-0.15, -0.1) is 0 Å². The van der Waals surface area contributed by atoms with Gasteiger partial charge in [0.2, 0.25) is 0 Å². The summed E-state index contributed by atoms with van der Waals surface area (Å²) in [6.45, 7) is 0. The highest BCUT2D eigenvalue weighted by Crippen LogP contribution is 2.32. The van der Waals surface area contributed by atoms with E-state index in [-0.39, 0.29) is 11.5 Å². The predicted molar refractivity (Wildman–Crippen MR) is 59.7 cm³/mol. The molecule has 9 heteroatoms. The van der Waals surface area contributed by atoms with Gasteiger partial charge in [-0.3, -0.25) is 15.0 Å². The van der Waals surface area contributed by atoms with Gasteiger partial charge in [0.1, 0.15) is 0 Å². The minimum absolute atomic E-state index is 0.310. The third-order valence-corrected chi connectivity index (χ3v) is 1.67. The molecule has 0 fully saturated rings. The van der Waals surface area contributed by atoms with Crippen LogP contribution in [0.2, 0.25) is 0 Å². The molecule has 0 atom stereocenters. The van der Waals surface area contributed by atoms with Crippen LogP contribution in [0.25, 0.3) is 0 Å². The van der Waals surface area contributed by atoms with Crippen LogP contribution in [0.15, 0.2) is 32.6 Å². The molecule has 2 aromatic rings. The van der Waals surface area contributed by atoms with Crippen LogP contribution >= 0.6 is 0 Å². The Hall–Kier alpha value is -2.97. The van der Waals surface area contributed by atoms with Crippen molar-refractivity contribution in [2.75, 3.05) is 0 Å². The normalized spacial score (nSPS) is 9.33. The Balaban J connectivity index is 0.000000180. The molecule has 1 aromatic heterocycles. The standard InChI is InChI=1S/C6H6O3.C3H3N3O3/c7-4-2-1-3-5(8)6(4)9;7-1-4-2(8)6-3(9)5-1/h1-3,7-9H;(H3,4,5,6,7,8,9). The van der Waals surface area contributed by atoms with Gasteiger partial charge in [-0.25, -0.2) is 14.4 Å². The summed E-state index contributed by atoms with van der Waals surface area (Å²) in [6.07, 6.45) is 0. The molecule has 0 aliphatic carbocycles. The van der Waals surface area contributed by atoms with E-state index in [2.05, 4.69) is 0 Å². The third-order valence-electron chi connectivity index (χ3n) is 1.67. The number of nitrogens with one attached hydrogen (secondary N) is 3. The number of phenols is 3. The molecule has 0 amide bonds. The summed E-state index contributed by atoms with van der Waals surface area (Å²) in [5.41, 5.74) is -2.41. The SMILES string of the molecule is O=c1[nH]c(=O)[nH]c(=O)[nH]1.Oc1cccc(O)c1O. The maximum Gasteiger partial charge on any atom is 0.330 e. The molecule has 2 rings (SSSR count). The van der Waals surface area contributed by atoms with Crippen molar-refractivity contribution in [2.24, 2.45) is 0 Å². The van der Waals surface area contributed by atoms with E-state index in [1.165, 1.54) is 18.2 Å². The highest BCUT2D eigenvalue weighted by atomic mass is 16.3. The summed E-state index contributed by atoms with van der Waals surface area (Å²) in [6, 6.07) is 4.01. The van der Waals surface area contributed by atoms with E-state index in [1.807, 2.05) is 0 Å². The summed E-state index contributed by atoms with van der Waals surface area (Å²) in [5, 5.41) is 26.1. The number of aromatic nitrogens is 3. The summed E-state index contributed by atoms with van der Waals surface area (Å²) in [7, 11) is 0. The third kappa shape index (κ3) is 3.56. The lowest BCUT2D eigenvalue weighted by atomic mass is 10.3. The lowest BCUT2D eigenvalue weighted by molar-refractivity contribution is 0.368. The zero-order valence-corrected chi connectivity index (χ0v) is 8.80. The first-order valence-corrected chi connectivity index (χ1v) is 4.53. The van der Waals surface area contributed by atoms with Crippen molar-refractivity contribution in [3.05, 3.63) is 49.7 Å². The predicted octanol–water partition coefficient (Wildman–Crippen LogP) is -1.45. The number of rotatable bonds is 0. The number of para-hydroxylation sites is 1. The van der Waals surface area contributed by atoms with E-state index in [0.717, 1.165) is 0 Å². The van der Waals surface area contributed by atoms with Gasteiger partial charge < -0.3 is 15.3 Å².